The second kappa shape index (κ2) is 7.79. The number of rotatable bonds is 3. The topological polar surface area (TPSA) is 42.4 Å². The standard InChI is InChI=1S/C27H32ClNO2/c1-16-19(13-12-17-10-8-7-9-11-17)25(28)29-20-14-18-15-21(30)27(5,6)31-24(18)23(22(16)20)26(2,3)4/h7-11,14,21,30H,12-13,15H2,1-6H3/t21-/m1/s1. The van der Waals surface area contributed by atoms with E-state index in [1.807, 2.05) is 19.9 Å². The van der Waals surface area contributed by atoms with Gasteiger partial charge in [-0.25, -0.2) is 4.98 Å². The van der Waals surface area contributed by atoms with Crippen LogP contribution in [0.25, 0.3) is 10.9 Å². The number of aliphatic hydroxyl groups is 1. The molecule has 0 bridgehead atoms. The van der Waals surface area contributed by atoms with E-state index < -0.39 is 11.7 Å². The Morgan fingerprint density at radius 2 is 1.84 bits per heavy atom. The van der Waals surface area contributed by atoms with Crippen molar-refractivity contribution >= 4 is 22.5 Å². The zero-order chi connectivity index (χ0) is 22.6. The number of aromatic nitrogens is 1. The molecule has 0 spiro atoms. The van der Waals surface area contributed by atoms with Crippen LogP contribution in [0.2, 0.25) is 5.15 Å². The van der Waals surface area contributed by atoms with E-state index in [1.165, 1.54) is 11.1 Å². The third-order valence-electron chi connectivity index (χ3n) is 6.47. The van der Waals surface area contributed by atoms with Crippen LogP contribution in [0.4, 0.5) is 0 Å². The van der Waals surface area contributed by atoms with Gasteiger partial charge in [0.2, 0.25) is 0 Å². The third-order valence-corrected chi connectivity index (χ3v) is 6.78. The van der Waals surface area contributed by atoms with Gasteiger partial charge in [-0.1, -0.05) is 62.7 Å². The van der Waals surface area contributed by atoms with Crippen molar-refractivity contribution in [2.24, 2.45) is 0 Å². The molecule has 4 heteroatoms. The summed E-state index contributed by atoms with van der Waals surface area (Å²) < 4.78 is 6.44. The van der Waals surface area contributed by atoms with Gasteiger partial charge in [0.25, 0.3) is 0 Å². The van der Waals surface area contributed by atoms with Gasteiger partial charge in [0.1, 0.15) is 16.5 Å². The molecule has 0 amide bonds. The van der Waals surface area contributed by atoms with Gasteiger partial charge in [0.15, 0.2) is 0 Å². The summed E-state index contributed by atoms with van der Waals surface area (Å²) in [4.78, 5) is 4.82. The van der Waals surface area contributed by atoms with Crippen molar-refractivity contribution in [3.8, 4) is 5.75 Å². The second-order valence-electron chi connectivity index (χ2n) is 10.3. The molecule has 2 heterocycles. The molecule has 0 unspecified atom stereocenters. The predicted octanol–water partition coefficient (Wildman–Crippen LogP) is 6.35. The Bertz CT molecular complexity index is 1130. The molecule has 1 aliphatic heterocycles. The van der Waals surface area contributed by atoms with Crippen LogP contribution in [0.15, 0.2) is 36.4 Å². The predicted molar refractivity (Wildman–Crippen MR) is 128 cm³/mol. The van der Waals surface area contributed by atoms with Crippen molar-refractivity contribution in [2.45, 2.75) is 77.9 Å². The van der Waals surface area contributed by atoms with Crippen LogP contribution in [0.3, 0.4) is 0 Å². The van der Waals surface area contributed by atoms with Crippen LogP contribution in [0.5, 0.6) is 5.75 Å². The number of benzene rings is 2. The minimum atomic E-state index is -0.634. The van der Waals surface area contributed by atoms with Crippen LogP contribution < -0.4 is 4.74 Å². The number of fused-ring (bicyclic) bond motifs is 2. The SMILES string of the molecule is Cc1c(CCc2ccccc2)c(Cl)nc2cc3c(c(C(C)(C)C)c12)OC(C)(C)[C@H](O)C3. The molecule has 164 valence electrons. The summed E-state index contributed by atoms with van der Waals surface area (Å²) in [7, 11) is 0. The average molecular weight is 438 g/mol. The number of pyridine rings is 1. The Kier molecular flexibility index (Phi) is 5.56. The summed E-state index contributed by atoms with van der Waals surface area (Å²) in [6.07, 6.45) is 1.74. The van der Waals surface area contributed by atoms with E-state index in [-0.39, 0.29) is 5.41 Å². The van der Waals surface area contributed by atoms with Crippen LogP contribution in [0, 0.1) is 6.92 Å². The summed E-state index contributed by atoms with van der Waals surface area (Å²) in [5.41, 5.74) is 5.81. The summed E-state index contributed by atoms with van der Waals surface area (Å²) in [6.45, 7) is 12.7. The molecule has 3 aromatic rings. The molecule has 2 aromatic carbocycles. The fourth-order valence-electron chi connectivity index (χ4n) is 4.63. The molecule has 1 atom stereocenters. The van der Waals surface area contributed by atoms with Crippen molar-refractivity contribution < 1.29 is 9.84 Å². The maximum absolute atomic E-state index is 10.6. The van der Waals surface area contributed by atoms with E-state index in [4.69, 9.17) is 21.3 Å². The Morgan fingerprint density at radius 3 is 2.48 bits per heavy atom. The van der Waals surface area contributed by atoms with Gasteiger partial charge >= 0.3 is 0 Å². The van der Waals surface area contributed by atoms with E-state index in [9.17, 15) is 5.11 Å². The quantitative estimate of drug-likeness (QED) is 0.485. The van der Waals surface area contributed by atoms with E-state index >= 15 is 0 Å². The largest absolute Gasteiger partial charge is 0.485 e. The lowest BCUT2D eigenvalue weighted by Gasteiger charge is -2.40. The highest BCUT2D eigenvalue weighted by Gasteiger charge is 2.39. The lowest BCUT2D eigenvalue weighted by Crippen LogP contribution is -2.47. The number of aryl methyl sites for hydroxylation is 2. The highest BCUT2D eigenvalue weighted by Crippen LogP contribution is 2.46. The molecule has 3 nitrogen and oxygen atoms in total. The van der Waals surface area contributed by atoms with Gasteiger partial charge in [-0.05, 0) is 67.3 Å². The molecule has 4 rings (SSSR count). The summed E-state index contributed by atoms with van der Waals surface area (Å²) in [5.74, 6) is 0.900. The van der Waals surface area contributed by atoms with E-state index in [0.717, 1.165) is 46.2 Å². The number of halogens is 1. The van der Waals surface area contributed by atoms with Gasteiger partial charge in [-0.3, -0.25) is 0 Å². The second-order valence-corrected chi connectivity index (χ2v) is 10.7. The number of nitrogens with zero attached hydrogens (tertiary/aromatic N) is 1. The molecule has 0 saturated carbocycles. The first-order valence-electron chi connectivity index (χ1n) is 11.0. The first kappa shape index (κ1) is 22.1. The number of aliphatic hydroxyl groups excluding tert-OH is 1. The molecule has 0 aliphatic carbocycles. The van der Waals surface area contributed by atoms with Crippen molar-refractivity contribution in [3.05, 3.63) is 69.4 Å². The van der Waals surface area contributed by atoms with Crippen molar-refractivity contribution in [1.29, 1.82) is 0 Å². The van der Waals surface area contributed by atoms with Crippen molar-refractivity contribution in [3.63, 3.8) is 0 Å². The molecule has 0 saturated heterocycles. The lowest BCUT2D eigenvalue weighted by molar-refractivity contribution is -0.0420. The van der Waals surface area contributed by atoms with Crippen LogP contribution in [0.1, 0.15) is 62.4 Å². The number of hydrogen-bond donors (Lipinski definition) is 1. The highest BCUT2D eigenvalue weighted by molar-refractivity contribution is 6.30. The minimum absolute atomic E-state index is 0.154. The van der Waals surface area contributed by atoms with E-state index in [1.54, 1.807) is 0 Å². The van der Waals surface area contributed by atoms with Gasteiger partial charge < -0.3 is 9.84 Å². The molecule has 1 N–H and O–H groups in total. The fourth-order valence-corrected chi connectivity index (χ4v) is 4.95. The monoisotopic (exact) mass is 437 g/mol. The molecular formula is C27H32ClNO2. The summed E-state index contributed by atoms with van der Waals surface area (Å²) in [5, 5.41) is 12.3. The van der Waals surface area contributed by atoms with Crippen molar-refractivity contribution in [2.75, 3.05) is 0 Å². The summed E-state index contributed by atoms with van der Waals surface area (Å²) in [6, 6.07) is 12.5. The van der Waals surface area contributed by atoms with Gasteiger partial charge in [-0.15, -0.1) is 0 Å². The fraction of sp³-hybridized carbons (Fsp3) is 0.444. The normalized spacial score (nSPS) is 18.0. The smallest absolute Gasteiger partial charge is 0.133 e. The first-order valence-corrected chi connectivity index (χ1v) is 11.4. The molecule has 1 aromatic heterocycles. The Balaban J connectivity index is 1.92. The average Bonchev–Trinajstić information content (AvgIpc) is 2.67. The molecule has 0 fully saturated rings. The number of hydrogen-bond acceptors (Lipinski definition) is 3. The molecular weight excluding hydrogens is 406 g/mol. The Hall–Kier alpha value is -2.10. The van der Waals surface area contributed by atoms with Gasteiger partial charge in [0.05, 0.1) is 11.6 Å². The van der Waals surface area contributed by atoms with Gasteiger partial charge in [0, 0.05) is 17.4 Å². The summed E-state index contributed by atoms with van der Waals surface area (Å²) >= 11 is 6.71. The number of ether oxygens (including phenoxy) is 1. The lowest BCUT2D eigenvalue weighted by atomic mass is 9.78. The van der Waals surface area contributed by atoms with Gasteiger partial charge in [-0.2, -0.15) is 0 Å². The minimum Gasteiger partial charge on any atom is -0.485 e. The molecule has 31 heavy (non-hydrogen) atoms. The maximum atomic E-state index is 10.6. The maximum Gasteiger partial charge on any atom is 0.133 e. The van der Waals surface area contributed by atoms with E-state index in [2.05, 4.69) is 58.0 Å². The first-order chi connectivity index (χ1) is 14.5. The van der Waals surface area contributed by atoms with Crippen LogP contribution in [-0.4, -0.2) is 21.8 Å². The third kappa shape index (κ3) is 4.06. The van der Waals surface area contributed by atoms with Crippen molar-refractivity contribution in [1.82, 2.24) is 4.98 Å². The highest BCUT2D eigenvalue weighted by atomic mass is 35.5. The van der Waals surface area contributed by atoms with E-state index in [0.29, 0.717) is 11.6 Å². The molecule has 0 radical (unpaired) electrons. The Morgan fingerprint density at radius 1 is 1.16 bits per heavy atom. The zero-order valence-electron chi connectivity index (χ0n) is 19.3. The molecule has 1 aliphatic rings. The van der Waals surface area contributed by atoms with Crippen LogP contribution >= 0.6 is 11.6 Å². The Labute approximate surface area is 190 Å². The zero-order valence-corrected chi connectivity index (χ0v) is 20.1. The van der Waals surface area contributed by atoms with Crippen LogP contribution in [-0.2, 0) is 24.7 Å².